The Bertz CT molecular complexity index is 775. The van der Waals surface area contributed by atoms with E-state index in [-0.39, 0.29) is 25.0 Å². The largest absolute Gasteiger partial charge is 0.480 e. The van der Waals surface area contributed by atoms with E-state index in [4.69, 9.17) is 11.2 Å². The van der Waals surface area contributed by atoms with Crippen molar-refractivity contribution in [3.05, 3.63) is 28.2 Å². The van der Waals surface area contributed by atoms with Gasteiger partial charge in [0, 0.05) is 16.5 Å². The van der Waals surface area contributed by atoms with Gasteiger partial charge in [-0.25, -0.2) is 5.43 Å². The van der Waals surface area contributed by atoms with Crippen molar-refractivity contribution in [2.24, 2.45) is 5.10 Å². The highest BCUT2D eigenvalue weighted by Crippen LogP contribution is 2.21. The summed E-state index contributed by atoms with van der Waals surface area (Å²) in [5, 5.41) is 6.57. The summed E-state index contributed by atoms with van der Waals surface area (Å²) < 4.78 is 6.30. The molecule has 6 nitrogen and oxygen atoms in total. The first-order valence-corrected chi connectivity index (χ1v) is 12.8. The monoisotopic (exact) mass is 519 g/mol. The van der Waals surface area contributed by atoms with Gasteiger partial charge in [0.1, 0.15) is 12.4 Å². The molecule has 182 valence electrons. The van der Waals surface area contributed by atoms with Crippen molar-refractivity contribution in [3.8, 4) is 18.1 Å². The fraction of sp³-hybridized carbons (Fsp3) is 0.577. The van der Waals surface area contributed by atoms with Crippen molar-refractivity contribution in [1.82, 2.24) is 10.7 Å². The number of nitrogens with one attached hydrogen (secondary N) is 2. The molecule has 0 aliphatic carbocycles. The molecule has 1 aromatic carbocycles. The van der Waals surface area contributed by atoms with Crippen LogP contribution >= 0.6 is 15.9 Å². The number of amides is 2. The number of hydrogen-bond donors (Lipinski definition) is 2. The Morgan fingerprint density at radius 3 is 2.30 bits per heavy atom. The van der Waals surface area contributed by atoms with Crippen LogP contribution in [0.1, 0.15) is 89.5 Å². The molecule has 0 unspecified atom stereocenters. The topological polar surface area (TPSA) is 79.8 Å². The van der Waals surface area contributed by atoms with Gasteiger partial charge in [0.05, 0.1) is 12.8 Å². The predicted octanol–water partition coefficient (Wildman–Crippen LogP) is 5.73. The summed E-state index contributed by atoms with van der Waals surface area (Å²) in [6.45, 7) is 2.28. The minimum atomic E-state index is -0.389. The number of hydrazone groups is 1. The summed E-state index contributed by atoms with van der Waals surface area (Å²) in [5.74, 6) is 2.47. The average Bonchev–Trinajstić information content (AvgIpc) is 2.80. The average molecular weight is 521 g/mol. The van der Waals surface area contributed by atoms with Gasteiger partial charge in [-0.15, -0.1) is 6.42 Å². The highest BCUT2D eigenvalue weighted by atomic mass is 79.9. The van der Waals surface area contributed by atoms with Crippen LogP contribution < -0.4 is 15.5 Å². The van der Waals surface area contributed by atoms with Gasteiger partial charge in [-0.2, -0.15) is 5.10 Å². The number of benzene rings is 1. The van der Waals surface area contributed by atoms with E-state index in [2.05, 4.69) is 44.6 Å². The molecule has 1 rings (SSSR count). The van der Waals surface area contributed by atoms with Gasteiger partial charge >= 0.3 is 0 Å². The summed E-state index contributed by atoms with van der Waals surface area (Å²) in [6.07, 6.45) is 20.8. The molecule has 33 heavy (non-hydrogen) atoms. The molecule has 0 aliphatic heterocycles. The lowest BCUT2D eigenvalue weighted by Gasteiger charge is -2.07. The number of rotatable bonds is 18. The lowest BCUT2D eigenvalue weighted by Crippen LogP contribution is -2.34. The Morgan fingerprint density at radius 1 is 1.03 bits per heavy atom. The number of carbonyl (C=O) groups excluding carboxylic acids is 2. The standard InChI is InChI=1S/C26H38BrN3O3/c1-3-5-6-7-8-9-10-11-12-13-14-15-25(31)28-21-26(32)30-29-20-22-19-23(27)16-17-24(22)33-18-4-2/h2,16-17,19-20H,3,5-15,18,21H2,1H3,(H,28,31)(H,30,32)/b29-20-. The van der Waals surface area contributed by atoms with Crippen LogP contribution in [-0.4, -0.2) is 31.2 Å². The molecular weight excluding hydrogens is 482 g/mol. The molecular formula is C26H38BrN3O3. The van der Waals surface area contributed by atoms with Crippen LogP contribution in [0.25, 0.3) is 0 Å². The molecule has 0 bridgehead atoms. The minimum absolute atomic E-state index is 0.104. The maximum absolute atomic E-state index is 11.9. The number of nitrogens with zero attached hydrogens (tertiary/aromatic N) is 1. The van der Waals surface area contributed by atoms with Gasteiger partial charge in [-0.1, -0.05) is 93.0 Å². The maximum Gasteiger partial charge on any atom is 0.259 e. The van der Waals surface area contributed by atoms with Crippen LogP contribution in [0.4, 0.5) is 0 Å². The highest BCUT2D eigenvalue weighted by Gasteiger charge is 2.06. The molecule has 0 fully saturated rings. The third-order valence-corrected chi connectivity index (χ3v) is 5.62. The molecule has 0 saturated heterocycles. The summed E-state index contributed by atoms with van der Waals surface area (Å²) >= 11 is 3.39. The van der Waals surface area contributed by atoms with Gasteiger partial charge in [0.15, 0.2) is 0 Å². The van der Waals surface area contributed by atoms with Crippen molar-refractivity contribution >= 4 is 34.0 Å². The molecule has 0 aliphatic rings. The lowest BCUT2D eigenvalue weighted by molar-refractivity contribution is -0.126. The molecule has 0 aromatic heterocycles. The zero-order valence-electron chi connectivity index (χ0n) is 19.8. The Hall–Kier alpha value is -2.33. The van der Waals surface area contributed by atoms with E-state index < -0.39 is 0 Å². The zero-order valence-corrected chi connectivity index (χ0v) is 21.4. The van der Waals surface area contributed by atoms with E-state index in [1.165, 1.54) is 64.0 Å². The molecule has 0 spiro atoms. The van der Waals surface area contributed by atoms with Crippen LogP contribution in [0.15, 0.2) is 27.8 Å². The number of unbranched alkanes of at least 4 members (excludes halogenated alkanes) is 10. The first kappa shape index (κ1) is 28.7. The second-order valence-electron chi connectivity index (χ2n) is 8.03. The van der Waals surface area contributed by atoms with Crippen LogP contribution in [-0.2, 0) is 9.59 Å². The first-order chi connectivity index (χ1) is 16.1. The Morgan fingerprint density at radius 2 is 1.67 bits per heavy atom. The quantitative estimate of drug-likeness (QED) is 0.112. The van der Waals surface area contributed by atoms with Crippen molar-refractivity contribution < 1.29 is 14.3 Å². The van der Waals surface area contributed by atoms with Gasteiger partial charge in [0.25, 0.3) is 5.91 Å². The molecule has 0 heterocycles. The maximum atomic E-state index is 11.9. The van der Waals surface area contributed by atoms with E-state index in [9.17, 15) is 9.59 Å². The molecule has 0 radical (unpaired) electrons. The van der Waals surface area contributed by atoms with Crippen LogP contribution in [0.2, 0.25) is 0 Å². The number of terminal acetylenes is 1. The van der Waals surface area contributed by atoms with E-state index in [1.54, 1.807) is 12.1 Å². The van der Waals surface area contributed by atoms with Crippen molar-refractivity contribution in [2.45, 2.75) is 84.0 Å². The van der Waals surface area contributed by atoms with E-state index in [0.29, 0.717) is 17.7 Å². The number of carbonyl (C=O) groups is 2. The third-order valence-electron chi connectivity index (χ3n) is 5.13. The molecule has 2 amide bonds. The van der Waals surface area contributed by atoms with Gasteiger partial charge < -0.3 is 10.1 Å². The third kappa shape index (κ3) is 15.2. The summed E-state index contributed by atoms with van der Waals surface area (Å²) in [7, 11) is 0. The van der Waals surface area contributed by atoms with Gasteiger partial charge in [-0.3, -0.25) is 9.59 Å². The molecule has 0 atom stereocenters. The van der Waals surface area contributed by atoms with Crippen LogP contribution in [0, 0.1) is 12.3 Å². The molecule has 2 N–H and O–H groups in total. The first-order valence-electron chi connectivity index (χ1n) is 12.0. The highest BCUT2D eigenvalue weighted by molar-refractivity contribution is 9.10. The second-order valence-corrected chi connectivity index (χ2v) is 8.95. The smallest absolute Gasteiger partial charge is 0.259 e. The van der Waals surface area contributed by atoms with Crippen LogP contribution in [0.3, 0.4) is 0 Å². The van der Waals surface area contributed by atoms with E-state index in [0.717, 1.165) is 17.3 Å². The SMILES string of the molecule is C#CCOc1ccc(Br)cc1/C=N\NC(=O)CNC(=O)CCCCCCCCCCCCC. The Labute approximate surface area is 207 Å². The molecule has 7 heteroatoms. The second kappa shape index (κ2) is 19.2. The number of halogens is 1. The minimum Gasteiger partial charge on any atom is -0.480 e. The van der Waals surface area contributed by atoms with Crippen LogP contribution in [0.5, 0.6) is 5.75 Å². The van der Waals surface area contributed by atoms with Crippen molar-refractivity contribution in [2.75, 3.05) is 13.2 Å². The summed E-state index contributed by atoms with van der Waals surface area (Å²) in [6, 6.07) is 5.39. The van der Waals surface area contributed by atoms with E-state index in [1.807, 2.05) is 6.07 Å². The van der Waals surface area contributed by atoms with Crippen molar-refractivity contribution in [3.63, 3.8) is 0 Å². The molecule has 1 aromatic rings. The van der Waals surface area contributed by atoms with Gasteiger partial charge in [-0.05, 0) is 24.6 Å². The van der Waals surface area contributed by atoms with E-state index >= 15 is 0 Å². The fourth-order valence-corrected chi connectivity index (χ4v) is 3.68. The predicted molar refractivity (Wildman–Crippen MR) is 138 cm³/mol. The normalized spacial score (nSPS) is 10.7. The van der Waals surface area contributed by atoms with Crippen molar-refractivity contribution in [1.29, 1.82) is 0 Å². The number of hydrogen-bond acceptors (Lipinski definition) is 4. The Balaban J connectivity index is 2.13. The zero-order chi connectivity index (χ0) is 24.2. The molecule has 0 saturated carbocycles. The lowest BCUT2D eigenvalue weighted by atomic mass is 10.1. The number of ether oxygens (including phenoxy) is 1. The summed E-state index contributed by atoms with van der Waals surface area (Å²) in [5.41, 5.74) is 3.07. The summed E-state index contributed by atoms with van der Waals surface area (Å²) in [4.78, 5) is 23.8. The Kier molecular flexibility index (Phi) is 16.7. The fourth-order valence-electron chi connectivity index (χ4n) is 3.30. The van der Waals surface area contributed by atoms with Gasteiger partial charge in [0.2, 0.25) is 5.91 Å².